The van der Waals surface area contributed by atoms with Gasteiger partial charge < -0.3 is 0 Å². The van der Waals surface area contributed by atoms with E-state index in [4.69, 9.17) is 0 Å². The Kier molecular flexibility index (Phi) is 1.52. The molecule has 1 fully saturated rings. The van der Waals surface area contributed by atoms with Crippen molar-refractivity contribution < 1.29 is 0 Å². The maximum atomic E-state index is 3.22. The van der Waals surface area contributed by atoms with Crippen molar-refractivity contribution in [2.24, 2.45) is 0 Å². The highest BCUT2D eigenvalue weighted by molar-refractivity contribution is 8.02. The summed E-state index contributed by atoms with van der Waals surface area (Å²) in [6, 6.07) is 0.681. The van der Waals surface area contributed by atoms with Crippen LogP contribution in [0.5, 0.6) is 0 Å². The first kappa shape index (κ1) is 5.81. The molecule has 2 aliphatic rings. The van der Waals surface area contributed by atoms with E-state index < -0.39 is 0 Å². The highest BCUT2D eigenvalue weighted by Gasteiger charge is 2.27. The predicted octanol–water partition coefficient (Wildman–Crippen LogP) is 1.41. The average Bonchev–Trinajstić information content (AvgIpc) is 2.33. The van der Waals surface area contributed by atoms with Gasteiger partial charge in [0.15, 0.2) is 0 Å². The molecule has 48 valence electrons. The zero-order valence-corrected chi connectivity index (χ0v) is 5.95. The van der Waals surface area contributed by atoms with Gasteiger partial charge in [0.05, 0.1) is 0 Å². The fourth-order valence-electron chi connectivity index (χ4n) is 1.26. The largest absolute Gasteiger partial charge is 0.294 e. The average molecular weight is 139 g/mol. The predicted molar refractivity (Wildman–Crippen MR) is 39.9 cm³/mol. The van der Waals surface area contributed by atoms with Crippen LogP contribution in [0, 0.1) is 5.88 Å². The van der Waals surface area contributed by atoms with Crippen LogP contribution in [0.3, 0.4) is 0 Å². The third kappa shape index (κ3) is 1.01. The summed E-state index contributed by atoms with van der Waals surface area (Å²) in [5.41, 5.74) is 0. The van der Waals surface area contributed by atoms with E-state index in [1.165, 1.54) is 12.8 Å². The molecule has 2 heteroatoms. The molecule has 1 nitrogen and oxygen atoms in total. The first-order valence-electron chi connectivity index (χ1n) is 3.29. The van der Waals surface area contributed by atoms with Crippen molar-refractivity contribution in [2.75, 3.05) is 0 Å². The Morgan fingerprint density at radius 3 is 3.56 bits per heavy atom. The number of rotatable bonds is 0. The lowest BCUT2D eigenvalue weighted by atomic mass is 10.0. The number of thioether (sulfide) groups is 1. The van der Waals surface area contributed by atoms with E-state index in [0.717, 1.165) is 0 Å². The number of allylic oxidation sites excluding steroid dienone is 1. The fraction of sp³-hybridized carbons (Fsp3) is 0.571. The maximum absolute atomic E-state index is 3.22. The van der Waals surface area contributed by atoms with Gasteiger partial charge in [-0.25, -0.2) is 0 Å². The summed E-state index contributed by atoms with van der Waals surface area (Å²) < 4.78 is 0. The third-order valence-corrected chi connectivity index (χ3v) is 2.80. The van der Waals surface area contributed by atoms with E-state index >= 15 is 0 Å². The molecule has 0 aromatic heterocycles. The van der Waals surface area contributed by atoms with Crippen molar-refractivity contribution in [3.63, 3.8) is 0 Å². The highest BCUT2D eigenvalue weighted by atomic mass is 32.2. The van der Waals surface area contributed by atoms with Crippen LogP contribution in [-0.2, 0) is 0 Å². The molecule has 0 aromatic rings. The normalized spacial score (nSPS) is 40.9. The molecule has 0 bridgehead atoms. The molecule has 1 heterocycles. The minimum absolute atomic E-state index is 0.679. The van der Waals surface area contributed by atoms with E-state index in [1.54, 1.807) is 11.8 Å². The molecule has 1 saturated heterocycles. The summed E-state index contributed by atoms with van der Waals surface area (Å²) >= 11 is 1.78. The Morgan fingerprint density at radius 2 is 2.67 bits per heavy atom. The first-order chi connectivity index (χ1) is 4.47. The van der Waals surface area contributed by atoms with Gasteiger partial charge in [0.25, 0.3) is 0 Å². The van der Waals surface area contributed by atoms with Gasteiger partial charge >= 0.3 is 0 Å². The van der Waals surface area contributed by atoms with Gasteiger partial charge in [-0.15, -0.1) is 11.8 Å². The molecule has 0 aromatic carbocycles. The van der Waals surface area contributed by atoms with Crippen LogP contribution >= 0.6 is 11.8 Å². The minimum atomic E-state index is 0.679. The van der Waals surface area contributed by atoms with Gasteiger partial charge in [-0.1, -0.05) is 12.2 Å². The summed E-state index contributed by atoms with van der Waals surface area (Å²) in [5, 5.41) is 3.90. The molecule has 1 aliphatic heterocycles. The SMILES string of the molecule is [C]1NC2CCC=CC2S1. The third-order valence-electron chi connectivity index (χ3n) is 1.81. The molecule has 2 unspecified atom stereocenters. The summed E-state index contributed by atoms with van der Waals surface area (Å²) in [7, 11) is 0. The van der Waals surface area contributed by atoms with Gasteiger partial charge in [-0.2, -0.15) is 0 Å². The Balaban J connectivity index is 2.10. The minimum Gasteiger partial charge on any atom is -0.294 e. The Hall–Kier alpha value is 0.0500. The molecule has 2 atom stereocenters. The van der Waals surface area contributed by atoms with Gasteiger partial charge in [0.1, 0.15) is 5.88 Å². The van der Waals surface area contributed by atoms with Crippen molar-refractivity contribution in [3.8, 4) is 0 Å². The first-order valence-corrected chi connectivity index (χ1v) is 4.17. The molecule has 9 heavy (non-hydrogen) atoms. The molecular weight excluding hydrogens is 130 g/mol. The molecule has 0 amide bonds. The van der Waals surface area contributed by atoms with Crippen LogP contribution in [0.4, 0.5) is 0 Å². The van der Waals surface area contributed by atoms with Crippen molar-refractivity contribution in [3.05, 3.63) is 18.0 Å². The van der Waals surface area contributed by atoms with E-state index in [1.807, 2.05) is 0 Å². The van der Waals surface area contributed by atoms with E-state index in [0.29, 0.717) is 11.3 Å². The Morgan fingerprint density at radius 1 is 1.67 bits per heavy atom. The number of nitrogens with one attached hydrogen (secondary N) is 1. The smallest absolute Gasteiger partial charge is 0.127 e. The molecule has 0 spiro atoms. The van der Waals surface area contributed by atoms with Gasteiger partial charge in [0, 0.05) is 11.3 Å². The monoisotopic (exact) mass is 139 g/mol. The van der Waals surface area contributed by atoms with Crippen LogP contribution in [0.25, 0.3) is 0 Å². The number of hydrogen-bond acceptors (Lipinski definition) is 2. The van der Waals surface area contributed by atoms with Crippen LogP contribution < -0.4 is 5.32 Å². The van der Waals surface area contributed by atoms with Crippen molar-refractivity contribution >= 4 is 11.8 Å². The summed E-state index contributed by atoms with van der Waals surface area (Å²) in [6.07, 6.45) is 7.06. The lowest BCUT2D eigenvalue weighted by Gasteiger charge is -2.17. The van der Waals surface area contributed by atoms with Gasteiger partial charge in [-0.3, -0.25) is 5.32 Å². The van der Waals surface area contributed by atoms with Crippen LogP contribution in [0.1, 0.15) is 12.8 Å². The maximum Gasteiger partial charge on any atom is 0.127 e. The van der Waals surface area contributed by atoms with Crippen LogP contribution in [0.15, 0.2) is 12.2 Å². The second-order valence-corrected chi connectivity index (χ2v) is 3.43. The van der Waals surface area contributed by atoms with Crippen LogP contribution in [0.2, 0.25) is 0 Å². The molecule has 2 radical (unpaired) electrons. The quantitative estimate of drug-likeness (QED) is 0.509. The Labute approximate surface area is 59.9 Å². The highest BCUT2D eigenvalue weighted by Crippen LogP contribution is 2.30. The number of hydrogen-bond donors (Lipinski definition) is 1. The number of fused-ring (bicyclic) bond motifs is 1. The lowest BCUT2D eigenvalue weighted by Crippen LogP contribution is -2.29. The van der Waals surface area contributed by atoms with Gasteiger partial charge in [-0.05, 0) is 12.8 Å². The van der Waals surface area contributed by atoms with Gasteiger partial charge in [0.2, 0.25) is 0 Å². The van der Waals surface area contributed by atoms with Crippen molar-refractivity contribution in [2.45, 2.75) is 24.1 Å². The van der Waals surface area contributed by atoms with Crippen molar-refractivity contribution in [1.29, 1.82) is 0 Å². The summed E-state index contributed by atoms with van der Waals surface area (Å²) in [4.78, 5) is 0. The topological polar surface area (TPSA) is 12.0 Å². The zero-order chi connectivity index (χ0) is 6.10. The van der Waals surface area contributed by atoms with Crippen LogP contribution in [-0.4, -0.2) is 11.3 Å². The fourth-order valence-corrected chi connectivity index (χ4v) is 2.17. The second-order valence-electron chi connectivity index (χ2n) is 2.44. The molecule has 2 rings (SSSR count). The summed E-state index contributed by atoms with van der Waals surface area (Å²) in [6.45, 7) is 0. The molecule has 1 aliphatic carbocycles. The van der Waals surface area contributed by atoms with E-state index in [-0.39, 0.29) is 0 Å². The van der Waals surface area contributed by atoms with Crippen molar-refractivity contribution in [1.82, 2.24) is 5.32 Å². The zero-order valence-electron chi connectivity index (χ0n) is 5.13. The molecule has 0 saturated carbocycles. The second kappa shape index (κ2) is 2.35. The standard InChI is InChI=1S/C7H9NS/c1-2-4-7-6(3-1)8-5-9-7/h2,4,6-8H,1,3H2. The van der Waals surface area contributed by atoms with E-state index in [2.05, 4.69) is 23.3 Å². The Bertz CT molecular complexity index is 133. The summed E-state index contributed by atoms with van der Waals surface area (Å²) in [5.74, 6) is 3.08. The molecule has 1 N–H and O–H groups in total. The molecular formula is C7H9NS. The lowest BCUT2D eigenvalue weighted by molar-refractivity contribution is 0.557. The van der Waals surface area contributed by atoms with E-state index in [9.17, 15) is 0 Å².